The molecule has 3 rings (SSSR count). The molecule has 0 atom stereocenters. The van der Waals surface area contributed by atoms with E-state index in [0.717, 1.165) is 12.1 Å². The van der Waals surface area contributed by atoms with E-state index in [-0.39, 0.29) is 22.8 Å². The molecule has 1 N–H and O–H groups in total. The topological polar surface area (TPSA) is 64.0 Å². The Bertz CT molecular complexity index is 1170. The lowest BCUT2D eigenvalue weighted by molar-refractivity contribution is -0.137. The van der Waals surface area contributed by atoms with E-state index in [1.165, 1.54) is 25.1 Å². The van der Waals surface area contributed by atoms with E-state index in [1.807, 2.05) is 0 Å². The minimum absolute atomic E-state index is 0.0419. The molecule has 0 saturated carbocycles. The van der Waals surface area contributed by atoms with Crippen LogP contribution in [0.5, 0.6) is 0 Å². The third-order valence-corrected chi connectivity index (χ3v) is 6.29. The Morgan fingerprint density at radius 1 is 1.13 bits per heavy atom. The number of aryl methyl sites for hydroxylation is 1. The summed E-state index contributed by atoms with van der Waals surface area (Å²) in [5.74, 6) is -1.06. The molecular formula is C20H19F4N3O2S. The lowest BCUT2D eigenvalue weighted by atomic mass is 10.1. The summed E-state index contributed by atoms with van der Waals surface area (Å²) in [5, 5.41) is 2.97. The maximum Gasteiger partial charge on any atom is 0.416 e. The van der Waals surface area contributed by atoms with E-state index in [1.54, 1.807) is 24.1 Å². The number of halogens is 4. The molecule has 5 nitrogen and oxygen atoms in total. The predicted molar refractivity (Wildman–Crippen MR) is 105 cm³/mol. The first-order chi connectivity index (χ1) is 14.0. The van der Waals surface area contributed by atoms with Crippen LogP contribution in [0.4, 0.5) is 23.2 Å². The fourth-order valence-corrected chi connectivity index (χ4v) is 3.77. The van der Waals surface area contributed by atoms with Crippen molar-refractivity contribution in [3.63, 3.8) is 0 Å². The Balaban J connectivity index is 1.94. The zero-order chi connectivity index (χ0) is 22.1. The normalized spacial score (nSPS) is 12.2. The van der Waals surface area contributed by atoms with Gasteiger partial charge in [0.2, 0.25) is 0 Å². The summed E-state index contributed by atoms with van der Waals surface area (Å²) in [5.41, 5.74) is 0.439. The summed E-state index contributed by atoms with van der Waals surface area (Å²) in [6.07, 6.45) is -1.38. The quantitative estimate of drug-likeness (QED) is 0.566. The lowest BCUT2D eigenvalue weighted by Crippen LogP contribution is -2.09. The van der Waals surface area contributed by atoms with E-state index >= 15 is 0 Å². The number of nitrogens with one attached hydrogen (secondary N) is 1. The molecule has 2 aromatic carbocycles. The van der Waals surface area contributed by atoms with Gasteiger partial charge in [-0.15, -0.1) is 0 Å². The highest BCUT2D eigenvalue weighted by molar-refractivity contribution is 7.91. The molecule has 160 valence electrons. The Hall–Kier alpha value is -2.88. The predicted octanol–water partition coefficient (Wildman–Crippen LogP) is 4.65. The SMILES string of the molecule is CCS(=O)(=O)c1ccc(NCc2ccc(C(F)(F)F)cc2F)c(-c2cn(C)cn2)c1. The molecule has 0 fully saturated rings. The molecule has 0 unspecified atom stereocenters. The number of nitrogens with zero attached hydrogens (tertiary/aromatic N) is 2. The van der Waals surface area contributed by atoms with Crippen LogP contribution in [0.25, 0.3) is 11.3 Å². The number of hydrogen-bond acceptors (Lipinski definition) is 4. The summed E-state index contributed by atoms with van der Waals surface area (Å²) in [6, 6.07) is 6.78. The molecule has 1 aromatic heterocycles. The minimum Gasteiger partial charge on any atom is -0.380 e. The molecule has 0 saturated heterocycles. The molecule has 1 heterocycles. The van der Waals surface area contributed by atoms with E-state index < -0.39 is 27.4 Å². The van der Waals surface area contributed by atoms with Crippen molar-refractivity contribution in [2.24, 2.45) is 7.05 Å². The smallest absolute Gasteiger partial charge is 0.380 e. The lowest BCUT2D eigenvalue weighted by Gasteiger charge is -2.14. The molecule has 0 aliphatic carbocycles. The van der Waals surface area contributed by atoms with Crippen LogP contribution in [0, 0.1) is 5.82 Å². The van der Waals surface area contributed by atoms with Crippen LogP contribution in [0.15, 0.2) is 53.8 Å². The van der Waals surface area contributed by atoms with Crippen molar-refractivity contribution >= 4 is 15.5 Å². The van der Waals surface area contributed by atoms with Gasteiger partial charge in [-0.05, 0) is 30.3 Å². The van der Waals surface area contributed by atoms with Crippen molar-refractivity contribution in [3.05, 3.63) is 65.9 Å². The first-order valence-corrected chi connectivity index (χ1v) is 10.6. The van der Waals surface area contributed by atoms with Gasteiger partial charge in [-0.3, -0.25) is 0 Å². The van der Waals surface area contributed by atoms with E-state index in [9.17, 15) is 26.0 Å². The average Bonchev–Trinajstić information content (AvgIpc) is 3.12. The van der Waals surface area contributed by atoms with E-state index in [0.29, 0.717) is 23.0 Å². The average molecular weight is 441 g/mol. The fraction of sp³-hybridized carbons (Fsp3) is 0.250. The minimum atomic E-state index is -4.63. The highest BCUT2D eigenvalue weighted by Crippen LogP contribution is 2.32. The maximum absolute atomic E-state index is 14.1. The Labute approximate surface area is 171 Å². The number of alkyl halides is 3. The molecule has 10 heteroatoms. The second-order valence-electron chi connectivity index (χ2n) is 6.69. The monoisotopic (exact) mass is 441 g/mol. The van der Waals surface area contributed by atoms with Gasteiger partial charge in [0.1, 0.15) is 5.82 Å². The second kappa shape index (κ2) is 8.10. The van der Waals surface area contributed by atoms with Crippen molar-refractivity contribution < 1.29 is 26.0 Å². The third kappa shape index (κ3) is 4.64. The number of imidazole rings is 1. The third-order valence-electron chi connectivity index (χ3n) is 4.56. The van der Waals surface area contributed by atoms with E-state index in [2.05, 4.69) is 10.3 Å². The van der Waals surface area contributed by atoms with Gasteiger partial charge in [-0.1, -0.05) is 13.0 Å². The van der Waals surface area contributed by atoms with Crippen LogP contribution < -0.4 is 5.32 Å². The number of sulfone groups is 1. The van der Waals surface area contributed by atoms with Crippen LogP contribution in [0.3, 0.4) is 0 Å². The van der Waals surface area contributed by atoms with Crippen LogP contribution in [0.2, 0.25) is 0 Å². The second-order valence-corrected chi connectivity index (χ2v) is 8.97. The Kier molecular flexibility index (Phi) is 5.89. The van der Waals surface area contributed by atoms with Gasteiger partial charge in [0.25, 0.3) is 0 Å². The van der Waals surface area contributed by atoms with Gasteiger partial charge in [0.15, 0.2) is 9.84 Å². The zero-order valence-corrected chi connectivity index (χ0v) is 17.0. The molecule has 0 aliphatic heterocycles. The van der Waals surface area contributed by atoms with Crippen molar-refractivity contribution in [2.75, 3.05) is 11.1 Å². The fourth-order valence-electron chi connectivity index (χ4n) is 2.86. The number of aromatic nitrogens is 2. The molecule has 3 aromatic rings. The molecule has 30 heavy (non-hydrogen) atoms. The van der Waals surface area contributed by atoms with Crippen LogP contribution >= 0.6 is 0 Å². The Morgan fingerprint density at radius 3 is 2.43 bits per heavy atom. The number of benzene rings is 2. The van der Waals surface area contributed by atoms with Crippen molar-refractivity contribution in [1.29, 1.82) is 0 Å². The summed E-state index contributed by atoms with van der Waals surface area (Å²) in [7, 11) is -1.70. The molecule has 0 radical (unpaired) electrons. The zero-order valence-electron chi connectivity index (χ0n) is 16.2. The van der Waals surface area contributed by atoms with Crippen LogP contribution in [-0.2, 0) is 29.6 Å². The van der Waals surface area contributed by atoms with Crippen LogP contribution in [-0.4, -0.2) is 23.7 Å². The molecular weight excluding hydrogens is 422 g/mol. The highest BCUT2D eigenvalue weighted by atomic mass is 32.2. The molecule has 0 bridgehead atoms. The summed E-state index contributed by atoms with van der Waals surface area (Å²) >= 11 is 0. The van der Waals surface area contributed by atoms with E-state index in [4.69, 9.17) is 0 Å². The summed E-state index contributed by atoms with van der Waals surface area (Å²) in [6.45, 7) is 1.44. The summed E-state index contributed by atoms with van der Waals surface area (Å²) in [4.78, 5) is 4.36. The van der Waals surface area contributed by atoms with Gasteiger partial charge in [0.05, 0.1) is 28.2 Å². The Morgan fingerprint density at radius 2 is 1.87 bits per heavy atom. The van der Waals surface area contributed by atoms with Gasteiger partial charge < -0.3 is 9.88 Å². The van der Waals surface area contributed by atoms with Crippen molar-refractivity contribution in [1.82, 2.24) is 9.55 Å². The van der Waals surface area contributed by atoms with Crippen molar-refractivity contribution in [2.45, 2.75) is 24.5 Å². The van der Waals surface area contributed by atoms with Gasteiger partial charge in [-0.2, -0.15) is 13.2 Å². The first kappa shape index (κ1) is 21.8. The maximum atomic E-state index is 14.1. The largest absolute Gasteiger partial charge is 0.416 e. The highest BCUT2D eigenvalue weighted by Gasteiger charge is 2.31. The summed E-state index contributed by atoms with van der Waals surface area (Å²) < 4.78 is 78.5. The van der Waals surface area contributed by atoms with Gasteiger partial charge in [0, 0.05) is 36.6 Å². The standard InChI is InChI=1S/C20H19F4N3O2S/c1-3-30(28,29)15-6-7-18(16(9-15)19-11-27(2)12-26-19)25-10-13-4-5-14(8-17(13)21)20(22,23)24/h4-9,11-12,25H,3,10H2,1-2H3. The van der Waals surface area contributed by atoms with Gasteiger partial charge in [-0.25, -0.2) is 17.8 Å². The molecule has 0 aliphatic rings. The van der Waals surface area contributed by atoms with Gasteiger partial charge >= 0.3 is 6.18 Å². The number of hydrogen-bond donors (Lipinski definition) is 1. The number of anilines is 1. The van der Waals surface area contributed by atoms with Crippen LogP contribution in [0.1, 0.15) is 18.1 Å². The first-order valence-electron chi connectivity index (χ1n) is 8.96. The molecule has 0 spiro atoms. The molecule has 0 amide bonds. The van der Waals surface area contributed by atoms with Crippen molar-refractivity contribution in [3.8, 4) is 11.3 Å². The number of rotatable bonds is 6.